The topological polar surface area (TPSA) is 68.9 Å². The third-order valence-electron chi connectivity index (χ3n) is 2.79. The van der Waals surface area contributed by atoms with E-state index in [1.54, 1.807) is 7.11 Å². The number of fused-ring (bicyclic) bond motifs is 1. The largest absolute Gasteiger partial charge is 0.480 e. The zero-order valence-corrected chi connectivity index (χ0v) is 10.8. The van der Waals surface area contributed by atoms with Crippen LogP contribution in [0.5, 0.6) is 5.75 Å². The summed E-state index contributed by atoms with van der Waals surface area (Å²) in [5.41, 5.74) is 7.34. The molecule has 5 nitrogen and oxygen atoms in total. The normalized spacial score (nSPS) is 20.1. The fourth-order valence-electron chi connectivity index (χ4n) is 1.85. The van der Waals surface area contributed by atoms with E-state index in [2.05, 4.69) is 17.2 Å². The van der Waals surface area contributed by atoms with Gasteiger partial charge in [-0.1, -0.05) is 6.92 Å². The van der Waals surface area contributed by atoms with Crippen LogP contribution in [0, 0.1) is 0 Å². The van der Waals surface area contributed by atoms with Gasteiger partial charge in [0.2, 0.25) is 0 Å². The van der Waals surface area contributed by atoms with E-state index in [4.69, 9.17) is 15.2 Å². The van der Waals surface area contributed by atoms with Crippen LogP contribution in [0.2, 0.25) is 0 Å². The average Bonchev–Trinajstić information content (AvgIpc) is 2.38. The first-order valence-corrected chi connectivity index (χ1v) is 6.11. The van der Waals surface area contributed by atoms with Gasteiger partial charge in [-0.25, -0.2) is 0 Å². The lowest BCUT2D eigenvalue weighted by Crippen LogP contribution is -2.37. The number of benzene rings is 1. The molecule has 0 saturated carbocycles. The van der Waals surface area contributed by atoms with Crippen molar-refractivity contribution in [1.29, 1.82) is 0 Å². The highest BCUT2D eigenvalue weighted by Crippen LogP contribution is 2.32. The third-order valence-corrected chi connectivity index (χ3v) is 2.79. The van der Waals surface area contributed by atoms with E-state index in [0.29, 0.717) is 18.8 Å². The van der Waals surface area contributed by atoms with Crippen LogP contribution < -0.4 is 15.8 Å². The minimum absolute atomic E-state index is 0.0296. The summed E-state index contributed by atoms with van der Waals surface area (Å²) in [5.74, 6) is 1.66. The molecule has 0 aromatic heterocycles. The SMILES string of the molecule is CCC1Oc2ccc(N)cc2NC1=NCCOC. The molecule has 0 fully saturated rings. The maximum atomic E-state index is 5.89. The first-order chi connectivity index (χ1) is 8.74. The van der Waals surface area contributed by atoms with E-state index in [-0.39, 0.29) is 6.10 Å². The second kappa shape index (κ2) is 5.73. The van der Waals surface area contributed by atoms with Gasteiger partial charge in [-0.15, -0.1) is 0 Å². The summed E-state index contributed by atoms with van der Waals surface area (Å²) in [5, 5.41) is 3.29. The number of nitrogens with two attached hydrogens (primary N) is 1. The summed E-state index contributed by atoms with van der Waals surface area (Å²) >= 11 is 0. The Labute approximate surface area is 107 Å². The molecule has 1 aliphatic heterocycles. The van der Waals surface area contributed by atoms with Crippen LogP contribution in [-0.2, 0) is 4.74 Å². The lowest BCUT2D eigenvalue weighted by Gasteiger charge is -2.28. The maximum absolute atomic E-state index is 5.89. The molecule has 18 heavy (non-hydrogen) atoms. The van der Waals surface area contributed by atoms with Gasteiger partial charge in [0.05, 0.1) is 18.8 Å². The Hall–Kier alpha value is -1.75. The minimum atomic E-state index is -0.0296. The number of nitrogens with one attached hydrogen (secondary N) is 1. The number of anilines is 2. The van der Waals surface area contributed by atoms with Crippen LogP contribution in [0.3, 0.4) is 0 Å². The van der Waals surface area contributed by atoms with E-state index in [1.807, 2.05) is 18.2 Å². The van der Waals surface area contributed by atoms with Crippen molar-refractivity contribution in [3.63, 3.8) is 0 Å². The van der Waals surface area contributed by atoms with Crippen molar-refractivity contribution in [3.05, 3.63) is 18.2 Å². The number of amidine groups is 1. The van der Waals surface area contributed by atoms with Crippen LogP contribution >= 0.6 is 0 Å². The van der Waals surface area contributed by atoms with Gasteiger partial charge < -0.3 is 20.5 Å². The predicted molar refractivity (Wildman–Crippen MR) is 73.4 cm³/mol. The van der Waals surface area contributed by atoms with E-state index >= 15 is 0 Å². The van der Waals surface area contributed by atoms with Gasteiger partial charge >= 0.3 is 0 Å². The lowest BCUT2D eigenvalue weighted by atomic mass is 10.1. The first-order valence-electron chi connectivity index (χ1n) is 6.11. The molecular formula is C13H19N3O2. The molecule has 1 aromatic rings. The molecule has 1 atom stereocenters. The Balaban J connectivity index is 2.20. The summed E-state index contributed by atoms with van der Waals surface area (Å²) in [6.45, 7) is 3.29. The van der Waals surface area contributed by atoms with Crippen LogP contribution in [0.25, 0.3) is 0 Å². The molecule has 1 heterocycles. The van der Waals surface area contributed by atoms with Crippen LogP contribution in [-0.4, -0.2) is 32.2 Å². The molecule has 98 valence electrons. The number of methoxy groups -OCH3 is 1. The van der Waals surface area contributed by atoms with Crippen molar-refractivity contribution >= 4 is 17.2 Å². The monoisotopic (exact) mass is 249 g/mol. The molecule has 0 amide bonds. The number of hydrogen-bond donors (Lipinski definition) is 2. The summed E-state index contributed by atoms with van der Waals surface area (Å²) in [6, 6.07) is 5.57. The zero-order valence-electron chi connectivity index (χ0n) is 10.8. The van der Waals surface area contributed by atoms with Crippen molar-refractivity contribution in [1.82, 2.24) is 0 Å². The summed E-state index contributed by atoms with van der Waals surface area (Å²) < 4.78 is 10.9. The second-order valence-corrected chi connectivity index (χ2v) is 4.16. The molecule has 0 radical (unpaired) electrons. The predicted octanol–water partition coefficient (Wildman–Crippen LogP) is 1.90. The number of ether oxygens (including phenoxy) is 2. The van der Waals surface area contributed by atoms with Crippen molar-refractivity contribution < 1.29 is 9.47 Å². The van der Waals surface area contributed by atoms with Crippen LogP contribution in [0.4, 0.5) is 11.4 Å². The fraction of sp³-hybridized carbons (Fsp3) is 0.462. The Morgan fingerprint density at radius 3 is 3.06 bits per heavy atom. The van der Waals surface area contributed by atoms with Gasteiger partial charge in [0.1, 0.15) is 11.6 Å². The summed E-state index contributed by atoms with van der Waals surface area (Å²) in [4.78, 5) is 4.47. The van der Waals surface area contributed by atoms with Gasteiger partial charge in [0.15, 0.2) is 6.10 Å². The molecule has 0 aliphatic carbocycles. The van der Waals surface area contributed by atoms with E-state index in [9.17, 15) is 0 Å². The van der Waals surface area contributed by atoms with Gasteiger partial charge in [0, 0.05) is 12.8 Å². The fourth-order valence-corrected chi connectivity index (χ4v) is 1.85. The Morgan fingerprint density at radius 1 is 1.50 bits per heavy atom. The Morgan fingerprint density at radius 2 is 2.33 bits per heavy atom. The molecule has 0 spiro atoms. The Bertz CT molecular complexity index is 446. The zero-order chi connectivity index (χ0) is 13.0. The number of hydrogen-bond acceptors (Lipinski definition) is 4. The average molecular weight is 249 g/mol. The highest BCUT2D eigenvalue weighted by atomic mass is 16.5. The third kappa shape index (κ3) is 2.73. The lowest BCUT2D eigenvalue weighted by molar-refractivity contribution is 0.207. The van der Waals surface area contributed by atoms with Gasteiger partial charge in [-0.3, -0.25) is 4.99 Å². The van der Waals surface area contributed by atoms with Gasteiger partial charge in [-0.05, 0) is 24.6 Å². The van der Waals surface area contributed by atoms with Gasteiger partial charge in [0.25, 0.3) is 0 Å². The molecule has 3 N–H and O–H groups in total. The molecule has 5 heteroatoms. The molecule has 2 rings (SSSR count). The highest BCUT2D eigenvalue weighted by molar-refractivity contribution is 6.02. The van der Waals surface area contributed by atoms with Crippen molar-refractivity contribution in [2.75, 3.05) is 31.3 Å². The smallest absolute Gasteiger partial charge is 0.155 e. The highest BCUT2D eigenvalue weighted by Gasteiger charge is 2.23. The van der Waals surface area contributed by atoms with Crippen LogP contribution in [0.1, 0.15) is 13.3 Å². The number of rotatable bonds is 4. The first kappa shape index (κ1) is 12.7. The second-order valence-electron chi connectivity index (χ2n) is 4.16. The van der Waals surface area contributed by atoms with Crippen molar-refractivity contribution in [2.45, 2.75) is 19.4 Å². The molecular weight excluding hydrogens is 230 g/mol. The summed E-state index contributed by atoms with van der Waals surface area (Å²) in [7, 11) is 1.66. The molecule has 0 saturated heterocycles. The van der Waals surface area contributed by atoms with E-state index in [0.717, 1.165) is 23.7 Å². The maximum Gasteiger partial charge on any atom is 0.155 e. The van der Waals surface area contributed by atoms with Crippen molar-refractivity contribution in [3.8, 4) is 5.75 Å². The number of aliphatic imine (C=N–C) groups is 1. The standard InChI is InChI=1S/C13H19N3O2/c1-3-11-13(15-6-7-17-2)16-10-8-9(14)4-5-12(10)18-11/h4-5,8,11H,3,6-7,14H2,1-2H3,(H,15,16). The Kier molecular flexibility index (Phi) is 4.04. The summed E-state index contributed by atoms with van der Waals surface area (Å²) in [6.07, 6.45) is 0.834. The minimum Gasteiger partial charge on any atom is -0.480 e. The number of nitrogens with zero attached hydrogens (tertiary/aromatic N) is 1. The number of nitrogen functional groups attached to an aromatic ring is 1. The van der Waals surface area contributed by atoms with E-state index in [1.165, 1.54) is 0 Å². The molecule has 1 aliphatic rings. The molecule has 1 aromatic carbocycles. The molecule has 0 bridgehead atoms. The van der Waals surface area contributed by atoms with E-state index < -0.39 is 0 Å². The van der Waals surface area contributed by atoms with Crippen molar-refractivity contribution in [2.24, 2.45) is 4.99 Å². The van der Waals surface area contributed by atoms with Crippen LogP contribution in [0.15, 0.2) is 23.2 Å². The van der Waals surface area contributed by atoms with Gasteiger partial charge in [-0.2, -0.15) is 0 Å². The molecule has 1 unspecified atom stereocenters. The quantitative estimate of drug-likeness (QED) is 0.631.